The predicted octanol–water partition coefficient (Wildman–Crippen LogP) is 0.750. The van der Waals surface area contributed by atoms with Crippen molar-refractivity contribution in [1.29, 1.82) is 0 Å². The van der Waals surface area contributed by atoms with Crippen molar-refractivity contribution < 1.29 is 10.0 Å². The molecule has 110 valence electrons. The Morgan fingerprint density at radius 2 is 2.05 bits per heavy atom. The fourth-order valence-corrected chi connectivity index (χ4v) is 2.04. The third kappa shape index (κ3) is 4.70. The molecule has 19 heavy (non-hydrogen) atoms. The molecule has 6 nitrogen and oxygen atoms in total. The summed E-state index contributed by atoms with van der Waals surface area (Å²) in [6, 6.07) is 0.238. The quantitative estimate of drug-likeness (QED) is 0.297. The summed E-state index contributed by atoms with van der Waals surface area (Å²) < 4.78 is 0. The zero-order valence-electron chi connectivity index (χ0n) is 12.1. The fraction of sp³-hybridized carbons (Fsp3) is 0.846. The molecule has 1 aliphatic heterocycles. The van der Waals surface area contributed by atoms with Gasteiger partial charge in [0.2, 0.25) is 5.91 Å². The monoisotopic (exact) mass is 270 g/mol. The molecule has 0 aromatic rings. The van der Waals surface area contributed by atoms with Crippen LogP contribution in [0.1, 0.15) is 40.0 Å². The predicted molar refractivity (Wildman–Crippen MR) is 75.1 cm³/mol. The van der Waals surface area contributed by atoms with Gasteiger partial charge in [0.25, 0.3) is 0 Å². The summed E-state index contributed by atoms with van der Waals surface area (Å²) >= 11 is 0. The number of rotatable bonds is 5. The molecule has 1 aliphatic rings. The van der Waals surface area contributed by atoms with Gasteiger partial charge in [-0.25, -0.2) is 0 Å². The van der Waals surface area contributed by atoms with E-state index in [0.29, 0.717) is 6.54 Å². The van der Waals surface area contributed by atoms with E-state index in [0.717, 1.165) is 32.4 Å². The molecule has 0 saturated carbocycles. The smallest absolute Gasteiger partial charge is 0.225 e. The first-order valence-electron chi connectivity index (χ1n) is 6.88. The summed E-state index contributed by atoms with van der Waals surface area (Å²) in [6.07, 6.45) is 2.65. The second-order valence-corrected chi connectivity index (χ2v) is 5.85. The third-order valence-electron chi connectivity index (χ3n) is 3.94. The van der Waals surface area contributed by atoms with Gasteiger partial charge >= 0.3 is 0 Å². The van der Waals surface area contributed by atoms with Crippen LogP contribution in [-0.2, 0) is 4.79 Å². The molecule has 0 unspecified atom stereocenters. The standard InChI is InChI=1S/C13H26N4O2/c1-4-13(2,3)12(18)15-10-5-7-17(8-6-10)9-11(14)16-19/h10,19H,4-9H2,1-3H3,(H2,14,16)(H,15,18). The van der Waals surface area contributed by atoms with Crippen LogP contribution in [0.5, 0.6) is 0 Å². The van der Waals surface area contributed by atoms with Crippen LogP contribution in [0.15, 0.2) is 5.16 Å². The van der Waals surface area contributed by atoms with Crippen LogP contribution in [-0.4, -0.2) is 47.5 Å². The van der Waals surface area contributed by atoms with Crippen molar-refractivity contribution in [2.24, 2.45) is 16.3 Å². The van der Waals surface area contributed by atoms with Gasteiger partial charge in [0.1, 0.15) is 0 Å². The minimum atomic E-state index is -0.300. The second-order valence-electron chi connectivity index (χ2n) is 5.85. The number of carbonyl (C=O) groups is 1. The average Bonchev–Trinajstić information content (AvgIpc) is 2.40. The van der Waals surface area contributed by atoms with E-state index < -0.39 is 0 Å². The number of amides is 1. The number of hydrogen-bond acceptors (Lipinski definition) is 4. The van der Waals surface area contributed by atoms with E-state index in [2.05, 4.69) is 15.4 Å². The number of likely N-dealkylation sites (tertiary alicyclic amines) is 1. The molecule has 0 aromatic heterocycles. The van der Waals surface area contributed by atoms with Gasteiger partial charge in [-0.05, 0) is 19.3 Å². The lowest BCUT2D eigenvalue weighted by molar-refractivity contribution is -0.130. The highest BCUT2D eigenvalue weighted by Crippen LogP contribution is 2.21. The van der Waals surface area contributed by atoms with E-state index in [1.165, 1.54) is 0 Å². The number of nitrogens with two attached hydrogens (primary N) is 1. The van der Waals surface area contributed by atoms with Gasteiger partial charge in [-0.3, -0.25) is 9.69 Å². The summed E-state index contributed by atoms with van der Waals surface area (Å²) in [6.45, 7) is 8.16. The number of carbonyl (C=O) groups excluding carboxylic acids is 1. The van der Waals surface area contributed by atoms with E-state index in [1.54, 1.807) is 0 Å². The number of nitrogens with zero attached hydrogens (tertiary/aromatic N) is 2. The van der Waals surface area contributed by atoms with Gasteiger partial charge in [0, 0.05) is 24.5 Å². The Hall–Kier alpha value is -1.30. The van der Waals surface area contributed by atoms with Crippen LogP contribution in [0.2, 0.25) is 0 Å². The maximum atomic E-state index is 12.1. The lowest BCUT2D eigenvalue weighted by Crippen LogP contribution is -2.49. The van der Waals surface area contributed by atoms with Crippen LogP contribution < -0.4 is 11.1 Å². The Morgan fingerprint density at radius 1 is 1.47 bits per heavy atom. The minimum absolute atomic E-state index is 0.130. The molecule has 1 fully saturated rings. The number of nitrogens with one attached hydrogen (secondary N) is 1. The Morgan fingerprint density at radius 3 is 2.53 bits per heavy atom. The first-order valence-corrected chi connectivity index (χ1v) is 6.88. The normalized spacial score (nSPS) is 19.4. The molecule has 0 atom stereocenters. The van der Waals surface area contributed by atoms with Crippen molar-refractivity contribution >= 4 is 11.7 Å². The minimum Gasteiger partial charge on any atom is -0.409 e. The van der Waals surface area contributed by atoms with Crippen LogP contribution in [0, 0.1) is 5.41 Å². The molecule has 1 rings (SSSR count). The molecule has 1 amide bonds. The maximum Gasteiger partial charge on any atom is 0.225 e. The van der Waals surface area contributed by atoms with E-state index in [4.69, 9.17) is 10.9 Å². The zero-order valence-corrected chi connectivity index (χ0v) is 12.1. The van der Waals surface area contributed by atoms with Gasteiger partial charge in [0.05, 0.1) is 6.54 Å². The summed E-state index contributed by atoms with van der Waals surface area (Å²) in [5.74, 6) is 0.361. The number of piperidine rings is 1. The van der Waals surface area contributed by atoms with Crippen LogP contribution in [0.25, 0.3) is 0 Å². The Balaban J connectivity index is 2.36. The average molecular weight is 270 g/mol. The summed E-state index contributed by atoms with van der Waals surface area (Å²) in [7, 11) is 0. The molecule has 1 saturated heterocycles. The second kappa shape index (κ2) is 6.75. The highest BCUT2D eigenvalue weighted by Gasteiger charge is 2.28. The number of hydrogen-bond donors (Lipinski definition) is 3. The topological polar surface area (TPSA) is 91.0 Å². The van der Waals surface area contributed by atoms with Gasteiger partial charge in [-0.1, -0.05) is 25.9 Å². The van der Waals surface area contributed by atoms with E-state index in [-0.39, 0.29) is 23.2 Å². The molecule has 0 aliphatic carbocycles. The van der Waals surface area contributed by atoms with Crippen molar-refractivity contribution in [3.05, 3.63) is 0 Å². The van der Waals surface area contributed by atoms with Gasteiger partial charge in [-0.2, -0.15) is 0 Å². The molecule has 0 bridgehead atoms. The lowest BCUT2D eigenvalue weighted by Gasteiger charge is -2.33. The molecular weight excluding hydrogens is 244 g/mol. The summed E-state index contributed by atoms with van der Waals surface area (Å²) in [5.41, 5.74) is 5.18. The van der Waals surface area contributed by atoms with Crippen molar-refractivity contribution in [3.8, 4) is 0 Å². The van der Waals surface area contributed by atoms with E-state index >= 15 is 0 Å². The molecule has 1 heterocycles. The van der Waals surface area contributed by atoms with Crippen molar-refractivity contribution in [3.63, 3.8) is 0 Å². The first-order chi connectivity index (χ1) is 8.89. The molecule has 0 radical (unpaired) electrons. The third-order valence-corrected chi connectivity index (χ3v) is 3.94. The Labute approximate surface area is 115 Å². The van der Waals surface area contributed by atoms with Gasteiger partial charge in [0.15, 0.2) is 5.84 Å². The van der Waals surface area contributed by atoms with Crippen LogP contribution in [0.4, 0.5) is 0 Å². The van der Waals surface area contributed by atoms with Crippen LogP contribution >= 0.6 is 0 Å². The van der Waals surface area contributed by atoms with E-state index in [9.17, 15) is 4.79 Å². The highest BCUT2D eigenvalue weighted by molar-refractivity contribution is 5.82. The van der Waals surface area contributed by atoms with Gasteiger partial charge < -0.3 is 16.3 Å². The van der Waals surface area contributed by atoms with Crippen molar-refractivity contribution in [2.45, 2.75) is 46.1 Å². The zero-order chi connectivity index (χ0) is 14.5. The molecular formula is C13H26N4O2. The molecule has 6 heteroatoms. The summed E-state index contributed by atoms with van der Waals surface area (Å²) in [4.78, 5) is 14.2. The molecule has 0 spiro atoms. The largest absolute Gasteiger partial charge is 0.409 e. The molecule has 4 N–H and O–H groups in total. The Bertz CT molecular complexity index is 334. The van der Waals surface area contributed by atoms with E-state index in [1.807, 2.05) is 20.8 Å². The molecule has 0 aromatic carbocycles. The van der Waals surface area contributed by atoms with Gasteiger partial charge in [-0.15, -0.1) is 0 Å². The van der Waals surface area contributed by atoms with Crippen LogP contribution in [0.3, 0.4) is 0 Å². The Kier molecular flexibility index (Phi) is 5.60. The fourth-order valence-electron chi connectivity index (χ4n) is 2.04. The SMILES string of the molecule is CCC(C)(C)C(=O)NC1CCN(CC(N)=NO)CC1. The highest BCUT2D eigenvalue weighted by atomic mass is 16.4. The maximum absolute atomic E-state index is 12.1. The number of oxime groups is 1. The summed E-state index contributed by atoms with van der Waals surface area (Å²) in [5, 5.41) is 14.6. The number of amidine groups is 1. The van der Waals surface area contributed by atoms with Crippen molar-refractivity contribution in [2.75, 3.05) is 19.6 Å². The lowest BCUT2D eigenvalue weighted by atomic mass is 9.88. The van der Waals surface area contributed by atoms with Crippen molar-refractivity contribution in [1.82, 2.24) is 10.2 Å². The first kappa shape index (κ1) is 15.8.